The van der Waals surface area contributed by atoms with E-state index in [1.807, 2.05) is 72.8 Å². The van der Waals surface area contributed by atoms with Crippen LogP contribution in [0, 0.1) is 0 Å². The number of carbonyl (C=O) groups excluding carboxylic acids is 2. The summed E-state index contributed by atoms with van der Waals surface area (Å²) in [5.74, 6) is 0.954. The molecule has 8 heteroatoms. The van der Waals surface area contributed by atoms with E-state index in [4.69, 9.17) is 32.9 Å². The first-order valence-electron chi connectivity index (χ1n) is 15.2. The zero-order valence-corrected chi connectivity index (χ0v) is 26.2. The molecular formula is C36H35Cl2N3O3. The zero-order chi connectivity index (χ0) is 30.6. The van der Waals surface area contributed by atoms with Crippen LogP contribution in [0.2, 0.25) is 10.0 Å². The zero-order valence-electron chi connectivity index (χ0n) is 24.7. The van der Waals surface area contributed by atoms with Gasteiger partial charge in [0.15, 0.2) is 5.78 Å². The number of hydrogen-bond donors (Lipinski definition) is 2. The second kappa shape index (κ2) is 13.5. The third-order valence-electron chi connectivity index (χ3n) is 8.64. The Hall–Kier alpha value is -3.71. The fourth-order valence-corrected chi connectivity index (χ4v) is 6.67. The molecule has 2 atom stereocenters. The molecule has 2 aliphatic heterocycles. The van der Waals surface area contributed by atoms with Crippen LogP contribution in [0.25, 0.3) is 33.5 Å². The Balaban J connectivity index is 1.21. The van der Waals surface area contributed by atoms with Crippen LogP contribution in [0.1, 0.15) is 43.2 Å². The number of rotatable bonds is 11. The standard InChI is InChI=1S/C36H35Cl2N3O3/c1-44-36-24(5-2-6-25-16-18-33(43)40-25)15-17-30(41-36)29-10-4-9-28(35(29)38)27-8-3-7-26(34(27)37)23-13-11-22(12-14-23)21-32(42)31-19-20-39-31/h3-4,7-15,17,25,31,39H,2,5-6,16,18-21H2,1H3,(H,40,43)/t25-,31-/m1/s1. The fraction of sp³-hybridized carbons (Fsp3) is 0.306. The molecule has 44 heavy (non-hydrogen) atoms. The Bertz CT molecular complexity index is 1690. The van der Waals surface area contributed by atoms with Crippen LogP contribution in [-0.4, -0.2) is 42.4 Å². The van der Waals surface area contributed by atoms with E-state index in [0.717, 1.165) is 83.3 Å². The predicted molar refractivity (Wildman–Crippen MR) is 176 cm³/mol. The van der Waals surface area contributed by atoms with Crippen LogP contribution >= 0.6 is 23.2 Å². The number of ketones is 1. The smallest absolute Gasteiger partial charge is 0.220 e. The maximum atomic E-state index is 12.4. The molecule has 0 radical (unpaired) electrons. The van der Waals surface area contributed by atoms with Gasteiger partial charge in [0.1, 0.15) is 0 Å². The van der Waals surface area contributed by atoms with Crippen LogP contribution in [0.5, 0.6) is 5.88 Å². The molecule has 0 saturated carbocycles. The van der Waals surface area contributed by atoms with Gasteiger partial charge in [0.25, 0.3) is 0 Å². The second-order valence-electron chi connectivity index (χ2n) is 11.5. The molecule has 2 saturated heterocycles. The highest BCUT2D eigenvalue weighted by atomic mass is 35.5. The molecule has 0 aliphatic carbocycles. The monoisotopic (exact) mass is 627 g/mol. The number of methoxy groups -OCH3 is 1. The van der Waals surface area contributed by atoms with Gasteiger partial charge in [-0.3, -0.25) is 9.59 Å². The molecule has 4 aromatic rings. The van der Waals surface area contributed by atoms with E-state index in [1.165, 1.54) is 0 Å². The molecule has 6 nitrogen and oxygen atoms in total. The normalized spacial score (nSPS) is 17.7. The molecule has 1 aromatic heterocycles. The van der Waals surface area contributed by atoms with Gasteiger partial charge in [-0.1, -0.05) is 89.9 Å². The number of aromatic nitrogens is 1. The SMILES string of the molecule is COc1nc(-c2cccc(-c3cccc(-c4ccc(CC(=O)[C@H]5CCN5)cc4)c3Cl)c2Cl)ccc1CCC[C@@H]1CCC(=O)N1. The summed E-state index contributed by atoms with van der Waals surface area (Å²) in [5.41, 5.74) is 7.04. The number of carbonyl (C=O) groups is 2. The van der Waals surface area contributed by atoms with Crippen molar-refractivity contribution in [3.63, 3.8) is 0 Å². The number of nitrogens with one attached hydrogen (secondary N) is 2. The van der Waals surface area contributed by atoms with Gasteiger partial charge in [0.2, 0.25) is 11.8 Å². The predicted octanol–water partition coefficient (Wildman–Crippen LogP) is 7.47. The van der Waals surface area contributed by atoms with Gasteiger partial charge in [-0.2, -0.15) is 0 Å². The summed E-state index contributed by atoms with van der Waals surface area (Å²) < 4.78 is 5.67. The van der Waals surface area contributed by atoms with Crippen molar-refractivity contribution in [3.05, 3.63) is 94.0 Å². The van der Waals surface area contributed by atoms with Crippen molar-refractivity contribution in [2.45, 2.75) is 57.0 Å². The Kier molecular flexibility index (Phi) is 9.31. The number of ether oxygens (including phenoxy) is 1. The van der Waals surface area contributed by atoms with Gasteiger partial charge in [0, 0.05) is 46.7 Å². The summed E-state index contributed by atoms with van der Waals surface area (Å²) in [5, 5.41) is 7.38. The number of halogens is 2. The number of benzene rings is 3. The molecule has 0 unspecified atom stereocenters. The minimum Gasteiger partial charge on any atom is -0.481 e. The molecule has 1 amide bonds. The Morgan fingerprint density at radius 3 is 2.23 bits per heavy atom. The van der Waals surface area contributed by atoms with Crippen LogP contribution in [-0.2, 0) is 22.4 Å². The lowest BCUT2D eigenvalue weighted by molar-refractivity contribution is -0.122. The van der Waals surface area contributed by atoms with Gasteiger partial charge < -0.3 is 15.4 Å². The Morgan fingerprint density at radius 1 is 0.909 bits per heavy atom. The van der Waals surface area contributed by atoms with Crippen molar-refractivity contribution < 1.29 is 14.3 Å². The average Bonchev–Trinajstić information content (AvgIpc) is 3.42. The van der Waals surface area contributed by atoms with Crippen molar-refractivity contribution in [1.82, 2.24) is 15.6 Å². The van der Waals surface area contributed by atoms with Crippen molar-refractivity contribution in [1.29, 1.82) is 0 Å². The van der Waals surface area contributed by atoms with E-state index in [0.29, 0.717) is 28.8 Å². The molecular weight excluding hydrogens is 593 g/mol. The first-order chi connectivity index (χ1) is 21.4. The van der Waals surface area contributed by atoms with Gasteiger partial charge in [0.05, 0.1) is 28.9 Å². The first-order valence-corrected chi connectivity index (χ1v) is 15.9. The minimum atomic E-state index is -0.00592. The van der Waals surface area contributed by atoms with Crippen molar-refractivity contribution >= 4 is 34.9 Å². The maximum absolute atomic E-state index is 12.4. The molecule has 6 rings (SSSR count). The molecule has 0 spiro atoms. The molecule has 226 valence electrons. The topological polar surface area (TPSA) is 80.3 Å². The summed E-state index contributed by atoms with van der Waals surface area (Å²) >= 11 is 14.1. The largest absolute Gasteiger partial charge is 0.481 e. The molecule has 0 bridgehead atoms. The Labute approximate surface area is 268 Å². The Morgan fingerprint density at radius 2 is 1.59 bits per heavy atom. The number of nitrogens with zero attached hydrogens (tertiary/aromatic N) is 1. The number of amides is 1. The average molecular weight is 629 g/mol. The van der Waals surface area contributed by atoms with Crippen LogP contribution < -0.4 is 15.4 Å². The first kappa shape index (κ1) is 30.3. The van der Waals surface area contributed by atoms with E-state index < -0.39 is 0 Å². The molecule has 2 N–H and O–H groups in total. The lowest BCUT2D eigenvalue weighted by atomic mass is 9.94. The highest BCUT2D eigenvalue weighted by Gasteiger charge is 2.24. The summed E-state index contributed by atoms with van der Waals surface area (Å²) in [4.78, 5) is 28.7. The lowest BCUT2D eigenvalue weighted by Gasteiger charge is -2.26. The van der Waals surface area contributed by atoms with E-state index in [2.05, 4.69) is 10.6 Å². The van der Waals surface area contributed by atoms with Gasteiger partial charge >= 0.3 is 0 Å². The van der Waals surface area contributed by atoms with Gasteiger partial charge in [-0.15, -0.1) is 0 Å². The number of aryl methyl sites for hydroxylation is 1. The summed E-state index contributed by atoms with van der Waals surface area (Å²) in [6, 6.07) is 24.1. The molecule has 2 aliphatic rings. The van der Waals surface area contributed by atoms with Crippen LogP contribution in [0.4, 0.5) is 0 Å². The van der Waals surface area contributed by atoms with E-state index >= 15 is 0 Å². The number of pyridine rings is 1. The summed E-state index contributed by atoms with van der Waals surface area (Å²) in [7, 11) is 1.63. The van der Waals surface area contributed by atoms with E-state index in [-0.39, 0.29) is 23.8 Å². The quantitative estimate of drug-likeness (QED) is 0.180. The lowest BCUT2D eigenvalue weighted by Crippen LogP contribution is -2.49. The summed E-state index contributed by atoms with van der Waals surface area (Å²) in [6.07, 6.45) is 5.55. The second-order valence-corrected chi connectivity index (χ2v) is 12.3. The van der Waals surface area contributed by atoms with Crippen molar-refractivity contribution in [3.8, 4) is 39.4 Å². The fourth-order valence-electron chi connectivity index (χ4n) is 6.01. The maximum Gasteiger partial charge on any atom is 0.220 e. The highest BCUT2D eigenvalue weighted by Crippen LogP contribution is 2.42. The molecule has 3 aromatic carbocycles. The summed E-state index contributed by atoms with van der Waals surface area (Å²) in [6.45, 7) is 0.915. The molecule has 3 heterocycles. The van der Waals surface area contributed by atoms with Crippen LogP contribution in [0.15, 0.2) is 72.8 Å². The molecule has 2 fully saturated rings. The number of Topliss-reactive ketones (excluding diaryl/α,β-unsaturated/α-hetero) is 1. The third-order valence-corrected chi connectivity index (χ3v) is 9.45. The van der Waals surface area contributed by atoms with Crippen molar-refractivity contribution in [2.24, 2.45) is 0 Å². The highest BCUT2D eigenvalue weighted by molar-refractivity contribution is 6.39. The van der Waals surface area contributed by atoms with Crippen molar-refractivity contribution in [2.75, 3.05) is 13.7 Å². The third kappa shape index (κ3) is 6.53. The van der Waals surface area contributed by atoms with E-state index in [9.17, 15) is 9.59 Å². The van der Waals surface area contributed by atoms with E-state index in [1.54, 1.807) is 7.11 Å². The van der Waals surface area contributed by atoms with Crippen LogP contribution in [0.3, 0.4) is 0 Å². The minimum absolute atomic E-state index is 0.00592. The number of hydrogen-bond acceptors (Lipinski definition) is 5. The van der Waals surface area contributed by atoms with Gasteiger partial charge in [-0.25, -0.2) is 4.98 Å². The van der Waals surface area contributed by atoms with Gasteiger partial charge in [-0.05, 0) is 55.8 Å².